The number of benzene rings is 2. The molecule has 0 saturated carbocycles. The Labute approximate surface area is 191 Å². The molecule has 2 heterocycles. The standard InChI is InChI=1S/C24H23ClN4O3/c1-5-32-24(30)22-27-21(26-16-11-12-19(31-4)18(25)13-16)20-14(2)15(3)29(23(20)28-22)17-9-7-6-8-10-17/h6-13H,5H2,1-4H3,(H,26,27,28). The highest BCUT2D eigenvalue weighted by Gasteiger charge is 2.22. The minimum atomic E-state index is -0.582. The van der Waals surface area contributed by atoms with E-state index in [4.69, 9.17) is 21.1 Å². The number of hydrogen-bond donors (Lipinski definition) is 1. The molecule has 32 heavy (non-hydrogen) atoms. The molecule has 0 amide bonds. The lowest BCUT2D eigenvalue weighted by Gasteiger charge is -2.12. The molecule has 0 aliphatic carbocycles. The van der Waals surface area contributed by atoms with E-state index in [2.05, 4.69) is 15.3 Å². The molecule has 2 aromatic carbocycles. The van der Waals surface area contributed by atoms with E-state index in [-0.39, 0.29) is 12.4 Å². The molecule has 0 bridgehead atoms. The molecule has 0 radical (unpaired) electrons. The summed E-state index contributed by atoms with van der Waals surface area (Å²) in [4.78, 5) is 21.6. The highest BCUT2D eigenvalue weighted by molar-refractivity contribution is 6.32. The Balaban J connectivity index is 1.95. The molecule has 0 unspecified atom stereocenters. The maximum Gasteiger partial charge on any atom is 0.376 e. The zero-order valence-corrected chi connectivity index (χ0v) is 19.0. The SMILES string of the molecule is CCOC(=O)c1nc(Nc2ccc(OC)c(Cl)c2)c2c(C)c(C)n(-c3ccccc3)c2n1. The van der Waals surface area contributed by atoms with Crippen LogP contribution in [0.5, 0.6) is 5.75 Å². The molecule has 8 heteroatoms. The Hall–Kier alpha value is -3.58. The number of halogens is 1. The molecule has 4 rings (SSSR count). The predicted molar refractivity (Wildman–Crippen MR) is 126 cm³/mol. The van der Waals surface area contributed by atoms with Gasteiger partial charge < -0.3 is 14.8 Å². The molecule has 2 aromatic heterocycles. The van der Waals surface area contributed by atoms with Crippen molar-refractivity contribution in [2.45, 2.75) is 20.8 Å². The van der Waals surface area contributed by atoms with Crippen molar-refractivity contribution in [3.05, 3.63) is 70.6 Å². The van der Waals surface area contributed by atoms with E-state index in [1.165, 1.54) is 0 Å². The van der Waals surface area contributed by atoms with E-state index < -0.39 is 5.97 Å². The van der Waals surface area contributed by atoms with Crippen molar-refractivity contribution >= 4 is 40.1 Å². The first-order chi connectivity index (χ1) is 15.4. The summed E-state index contributed by atoms with van der Waals surface area (Å²) in [7, 11) is 1.56. The van der Waals surface area contributed by atoms with Gasteiger partial charge in [-0.1, -0.05) is 29.8 Å². The second-order valence-electron chi connectivity index (χ2n) is 7.17. The summed E-state index contributed by atoms with van der Waals surface area (Å²) in [6.45, 7) is 6.00. The number of nitrogens with one attached hydrogen (secondary N) is 1. The number of carbonyl (C=O) groups excluding carboxylic acids is 1. The number of fused-ring (bicyclic) bond motifs is 1. The van der Waals surface area contributed by atoms with Crippen molar-refractivity contribution in [1.82, 2.24) is 14.5 Å². The highest BCUT2D eigenvalue weighted by atomic mass is 35.5. The minimum absolute atomic E-state index is 0.0175. The number of hydrogen-bond acceptors (Lipinski definition) is 6. The smallest absolute Gasteiger partial charge is 0.376 e. The first kappa shape index (κ1) is 21.6. The lowest BCUT2D eigenvalue weighted by molar-refractivity contribution is 0.0512. The van der Waals surface area contributed by atoms with Gasteiger partial charge in [0, 0.05) is 17.1 Å². The minimum Gasteiger partial charge on any atom is -0.495 e. The fourth-order valence-corrected chi connectivity index (χ4v) is 3.87. The van der Waals surface area contributed by atoms with Crippen molar-refractivity contribution < 1.29 is 14.3 Å². The van der Waals surface area contributed by atoms with Gasteiger partial charge >= 0.3 is 5.97 Å². The molecule has 1 N–H and O–H groups in total. The van der Waals surface area contributed by atoms with Crippen molar-refractivity contribution in [3.63, 3.8) is 0 Å². The Morgan fingerprint density at radius 2 is 1.88 bits per heavy atom. The third-order valence-corrected chi connectivity index (χ3v) is 5.54. The number of nitrogens with zero attached hydrogens (tertiary/aromatic N) is 3. The van der Waals surface area contributed by atoms with Gasteiger partial charge in [-0.25, -0.2) is 14.8 Å². The molecule has 4 aromatic rings. The third kappa shape index (κ3) is 3.87. The first-order valence-corrected chi connectivity index (χ1v) is 10.5. The zero-order chi connectivity index (χ0) is 22.8. The molecule has 0 aliphatic heterocycles. The summed E-state index contributed by atoms with van der Waals surface area (Å²) < 4.78 is 12.4. The molecule has 0 spiro atoms. The van der Waals surface area contributed by atoms with E-state index in [9.17, 15) is 4.79 Å². The van der Waals surface area contributed by atoms with Crippen molar-refractivity contribution in [2.24, 2.45) is 0 Å². The number of rotatable bonds is 6. The van der Waals surface area contributed by atoms with Crippen LogP contribution in [-0.2, 0) is 4.74 Å². The van der Waals surface area contributed by atoms with Crippen molar-refractivity contribution in [3.8, 4) is 11.4 Å². The van der Waals surface area contributed by atoms with Crippen LogP contribution >= 0.6 is 11.6 Å². The van der Waals surface area contributed by atoms with Crippen LogP contribution in [0.2, 0.25) is 5.02 Å². The molecular formula is C24H23ClN4O3. The maximum absolute atomic E-state index is 12.5. The number of para-hydroxylation sites is 1. The summed E-state index contributed by atoms with van der Waals surface area (Å²) in [5.41, 5.74) is 4.26. The number of ether oxygens (including phenoxy) is 2. The topological polar surface area (TPSA) is 78.3 Å². The van der Waals surface area contributed by atoms with Gasteiger partial charge in [-0.05, 0) is 56.7 Å². The van der Waals surface area contributed by atoms with Crippen LogP contribution in [0.3, 0.4) is 0 Å². The molecule has 0 aliphatic rings. The monoisotopic (exact) mass is 450 g/mol. The van der Waals surface area contributed by atoms with Crippen molar-refractivity contribution in [1.29, 1.82) is 0 Å². The van der Waals surface area contributed by atoms with E-state index in [0.717, 1.165) is 22.3 Å². The number of aryl methyl sites for hydroxylation is 1. The van der Waals surface area contributed by atoms with Crippen LogP contribution < -0.4 is 10.1 Å². The van der Waals surface area contributed by atoms with Crippen molar-refractivity contribution in [2.75, 3.05) is 19.0 Å². The first-order valence-electron chi connectivity index (χ1n) is 10.2. The maximum atomic E-state index is 12.5. The van der Waals surface area contributed by atoms with E-state index in [1.54, 1.807) is 26.2 Å². The molecule has 0 fully saturated rings. The fraction of sp³-hybridized carbons (Fsp3) is 0.208. The van der Waals surface area contributed by atoms with E-state index >= 15 is 0 Å². The number of methoxy groups -OCH3 is 1. The molecular weight excluding hydrogens is 428 g/mol. The van der Waals surface area contributed by atoms with Crippen LogP contribution in [0.1, 0.15) is 28.8 Å². The van der Waals surface area contributed by atoms with Crippen LogP contribution in [-0.4, -0.2) is 34.2 Å². The van der Waals surface area contributed by atoms with Gasteiger partial charge in [0.15, 0.2) is 5.65 Å². The van der Waals surface area contributed by atoms with Gasteiger partial charge in [0.25, 0.3) is 0 Å². The normalized spacial score (nSPS) is 10.9. The number of carbonyl (C=O) groups is 1. The van der Waals surface area contributed by atoms with Crippen LogP contribution in [0, 0.1) is 13.8 Å². The Morgan fingerprint density at radius 1 is 1.12 bits per heavy atom. The van der Waals surface area contributed by atoms with Gasteiger partial charge in [-0.2, -0.15) is 0 Å². The summed E-state index contributed by atoms with van der Waals surface area (Å²) in [5.74, 6) is 0.464. The van der Waals surface area contributed by atoms with Gasteiger partial charge in [-0.3, -0.25) is 4.57 Å². The van der Waals surface area contributed by atoms with E-state index in [1.807, 2.05) is 54.8 Å². The molecule has 164 valence electrons. The average molecular weight is 451 g/mol. The largest absolute Gasteiger partial charge is 0.495 e. The summed E-state index contributed by atoms with van der Waals surface area (Å²) in [6.07, 6.45) is 0. The second kappa shape index (κ2) is 8.88. The van der Waals surface area contributed by atoms with Crippen LogP contribution in [0.15, 0.2) is 48.5 Å². The summed E-state index contributed by atoms with van der Waals surface area (Å²) in [6, 6.07) is 15.2. The molecule has 7 nitrogen and oxygen atoms in total. The van der Waals surface area contributed by atoms with Gasteiger partial charge in [-0.15, -0.1) is 0 Å². The van der Waals surface area contributed by atoms with Gasteiger partial charge in [0.05, 0.1) is 24.1 Å². The van der Waals surface area contributed by atoms with E-state index in [0.29, 0.717) is 27.9 Å². The van der Waals surface area contributed by atoms with Gasteiger partial charge in [0.2, 0.25) is 5.82 Å². The molecule has 0 atom stereocenters. The Bertz CT molecular complexity index is 1300. The number of anilines is 2. The Kier molecular flexibility index (Phi) is 6.01. The Morgan fingerprint density at radius 3 is 2.53 bits per heavy atom. The fourth-order valence-electron chi connectivity index (χ4n) is 3.61. The molecule has 0 saturated heterocycles. The highest BCUT2D eigenvalue weighted by Crippen LogP contribution is 2.35. The number of esters is 1. The van der Waals surface area contributed by atoms with Gasteiger partial charge in [0.1, 0.15) is 11.6 Å². The lowest BCUT2D eigenvalue weighted by Crippen LogP contribution is -2.12. The average Bonchev–Trinajstić information content (AvgIpc) is 3.05. The zero-order valence-electron chi connectivity index (χ0n) is 18.3. The predicted octanol–water partition coefficient (Wildman–Crippen LogP) is 5.62. The van der Waals surface area contributed by atoms with Crippen LogP contribution in [0.25, 0.3) is 16.7 Å². The lowest BCUT2D eigenvalue weighted by atomic mass is 10.2. The summed E-state index contributed by atoms with van der Waals surface area (Å²) in [5, 5.41) is 4.57. The third-order valence-electron chi connectivity index (χ3n) is 5.24. The summed E-state index contributed by atoms with van der Waals surface area (Å²) >= 11 is 6.30. The van der Waals surface area contributed by atoms with Crippen LogP contribution in [0.4, 0.5) is 11.5 Å². The quantitative estimate of drug-likeness (QED) is 0.384. The number of aromatic nitrogens is 3. The second-order valence-corrected chi connectivity index (χ2v) is 7.58.